The molecule has 0 saturated carbocycles. The molecule has 0 aromatic heterocycles. The zero-order valence-corrected chi connectivity index (χ0v) is 23.4. The van der Waals surface area contributed by atoms with Crippen molar-refractivity contribution < 1.29 is 24.0 Å². The molecular weight excluding hydrogens is 496 g/mol. The fourth-order valence-electron chi connectivity index (χ4n) is 3.79. The van der Waals surface area contributed by atoms with Crippen LogP contribution < -0.4 is 5.32 Å². The van der Waals surface area contributed by atoms with Gasteiger partial charge in [0.2, 0.25) is 5.78 Å². The maximum Gasteiger partial charge on any atom is 0.338 e. The quantitative estimate of drug-likeness (QED) is 0.156. The van der Waals surface area contributed by atoms with Gasteiger partial charge in [-0.2, -0.15) is 0 Å². The van der Waals surface area contributed by atoms with Gasteiger partial charge in [0.15, 0.2) is 6.61 Å². The van der Waals surface area contributed by atoms with Crippen LogP contribution in [0.15, 0.2) is 60.7 Å². The number of aryl methyl sites for hydroxylation is 1. The van der Waals surface area contributed by atoms with Gasteiger partial charge in [-0.25, -0.2) is 4.79 Å². The number of nitrogens with zero attached hydrogens (tertiary/aromatic N) is 1. The molecule has 39 heavy (non-hydrogen) atoms. The van der Waals surface area contributed by atoms with E-state index in [2.05, 4.69) is 52.9 Å². The van der Waals surface area contributed by atoms with Gasteiger partial charge in [0, 0.05) is 28.4 Å². The predicted octanol–water partition coefficient (Wildman–Crippen LogP) is 6.79. The van der Waals surface area contributed by atoms with Crippen LogP contribution in [-0.2, 0) is 15.6 Å². The Bertz CT molecular complexity index is 1390. The van der Waals surface area contributed by atoms with Gasteiger partial charge in [0.05, 0.1) is 10.5 Å². The molecule has 0 spiro atoms. The van der Waals surface area contributed by atoms with Crippen molar-refractivity contribution in [3.8, 4) is 0 Å². The smallest absolute Gasteiger partial charge is 0.338 e. The fourth-order valence-corrected chi connectivity index (χ4v) is 3.79. The third-order valence-corrected chi connectivity index (χ3v) is 6.37. The molecule has 3 rings (SSSR count). The van der Waals surface area contributed by atoms with Crippen molar-refractivity contribution in [3.63, 3.8) is 0 Å². The van der Waals surface area contributed by atoms with E-state index < -0.39 is 23.3 Å². The zero-order valence-electron chi connectivity index (χ0n) is 23.4. The van der Waals surface area contributed by atoms with Gasteiger partial charge < -0.3 is 10.1 Å². The van der Waals surface area contributed by atoms with Crippen molar-refractivity contribution >= 4 is 29.0 Å². The number of nitro groups is 1. The van der Waals surface area contributed by atoms with E-state index in [0.717, 1.165) is 11.1 Å². The van der Waals surface area contributed by atoms with Gasteiger partial charge in [0.25, 0.3) is 11.6 Å². The molecule has 0 heterocycles. The molecule has 1 N–H and O–H groups in total. The summed E-state index contributed by atoms with van der Waals surface area (Å²) >= 11 is 0. The van der Waals surface area contributed by atoms with Crippen molar-refractivity contribution in [1.29, 1.82) is 0 Å². The highest BCUT2D eigenvalue weighted by molar-refractivity contribution is 6.05. The number of rotatable bonds is 7. The van der Waals surface area contributed by atoms with E-state index in [-0.39, 0.29) is 33.6 Å². The molecule has 8 nitrogen and oxygen atoms in total. The molecule has 0 aliphatic heterocycles. The van der Waals surface area contributed by atoms with Crippen LogP contribution in [0.25, 0.3) is 0 Å². The standard InChI is InChI=1S/C31H34N2O6/c1-19-8-9-21(16-26(19)33(37)38)27(34)18-39-29(36)20-10-12-25(13-11-20)32-28(35)22-14-23(30(2,3)4)17-24(15-22)31(5,6)7/h8-17H,18H2,1-7H3,(H,32,35). The molecule has 8 heteroatoms. The highest BCUT2D eigenvalue weighted by Gasteiger charge is 2.22. The Morgan fingerprint density at radius 1 is 0.795 bits per heavy atom. The number of anilines is 1. The van der Waals surface area contributed by atoms with E-state index in [0.29, 0.717) is 16.8 Å². The number of carbonyl (C=O) groups is 3. The molecule has 3 aromatic rings. The first-order valence-corrected chi connectivity index (χ1v) is 12.6. The third-order valence-electron chi connectivity index (χ3n) is 6.37. The summed E-state index contributed by atoms with van der Waals surface area (Å²) in [6.07, 6.45) is 0. The Morgan fingerprint density at radius 3 is 1.85 bits per heavy atom. The molecular formula is C31H34N2O6. The van der Waals surface area contributed by atoms with Gasteiger partial charge >= 0.3 is 5.97 Å². The molecule has 0 unspecified atom stereocenters. The van der Waals surface area contributed by atoms with Crippen molar-refractivity contribution in [2.45, 2.75) is 59.3 Å². The fraction of sp³-hybridized carbons (Fsp3) is 0.323. The molecule has 0 fully saturated rings. The maximum absolute atomic E-state index is 13.1. The average molecular weight is 531 g/mol. The van der Waals surface area contributed by atoms with Gasteiger partial charge in [0.1, 0.15) is 0 Å². The highest BCUT2D eigenvalue weighted by atomic mass is 16.6. The summed E-state index contributed by atoms with van der Waals surface area (Å²) in [5.74, 6) is -1.54. The van der Waals surface area contributed by atoms with E-state index >= 15 is 0 Å². The Balaban J connectivity index is 1.68. The summed E-state index contributed by atoms with van der Waals surface area (Å²) < 4.78 is 5.11. The number of amides is 1. The van der Waals surface area contributed by atoms with Gasteiger partial charge in [-0.1, -0.05) is 59.7 Å². The topological polar surface area (TPSA) is 116 Å². The van der Waals surface area contributed by atoms with Crippen LogP contribution in [-0.4, -0.2) is 29.2 Å². The van der Waals surface area contributed by atoms with E-state index in [9.17, 15) is 24.5 Å². The lowest BCUT2D eigenvalue weighted by Gasteiger charge is -2.26. The Hall–Kier alpha value is -4.33. The second-order valence-electron chi connectivity index (χ2n) is 11.6. The number of nitrogens with one attached hydrogen (secondary N) is 1. The minimum Gasteiger partial charge on any atom is -0.454 e. The van der Waals surface area contributed by atoms with Gasteiger partial charge in [-0.05, 0) is 65.3 Å². The summed E-state index contributed by atoms with van der Waals surface area (Å²) in [7, 11) is 0. The van der Waals surface area contributed by atoms with Crippen molar-refractivity contribution in [3.05, 3.63) is 104 Å². The average Bonchev–Trinajstić information content (AvgIpc) is 2.86. The van der Waals surface area contributed by atoms with E-state index in [1.54, 1.807) is 19.1 Å². The summed E-state index contributed by atoms with van der Waals surface area (Å²) in [4.78, 5) is 48.5. The number of benzene rings is 3. The molecule has 3 aromatic carbocycles. The van der Waals surface area contributed by atoms with Gasteiger partial charge in [-0.15, -0.1) is 0 Å². The van der Waals surface area contributed by atoms with Crippen LogP contribution in [0.3, 0.4) is 0 Å². The lowest BCUT2D eigenvalue weighted by atomic mass is 9.79. The molecule has 0 radical (unpaired) electrons. The Morgan fingerprint density at radius 2 is 1.33 bits per heavy atom. The first-order valence-electron chi connectivity index (χ1n) is 12.6. The highest BCUT2D eigenvalue weighted by Crippen LogP contribution is 2.30. The van der Waals surface area contributed by atoms with Crippen molar-refractivity contribution in [2.75, 3.05) is 11.9 Å². The molecule has 0 aliphatic carbocycles. The number of esters is 1. The number of hydrogen-bond acceptors (Lipinski definition) is 6. The number of carbonyl (C=O) groups excluding carboxylic acids is 3. The largest absolute Gasteiger partial charge is 0.454 e. The molecule has 0 saturated heterocycles. The number of Topliss-reactive ketones (excluding diaryl/α,β-unsaturated/α-hetero) is 1. The Kier molecular flexibility index (Phi) is 8.39. The summed E-state index contributed by atoms with van der Waals surface area (Å²) in [6.45, 7) is 13.6. The normalized spacial score (nSPS) is 11.6. The lowest BCUT2D eigenvalue weighted by molar-refractivity contribution is -0.385. The second-order valence-corrected chi connectivity index (χ2v) is 11.6. The zero-order chi connectivity index (χ0) is 29.1. The van der Waals surface area contributed by atoms with Crippen LogP contribution in [0.2, 0.25) is 0 Å². The van der Waals surface area contributed by atoms with Crippen LogP contribution >= 0.6 is 0 Å². The monoisotopic (exact) mass is 530 g/mol. The first kappa shape index (κ1) is 29.2. The van der Waals surface area contributed by atoms with Gasteiger partial charge in [-0.3, -0.25) is 19.7 Å². The lowest BCUT2D eigenvalue weighted by Crippen LogP contribution is -2.20. The summed E-state index contributed by atoms with van der Waals surface area (Å²) in [6, 6.07) is 16.2. The molecule has 0 atom stereocenters. The number of hydrogen-bond donors (Lipinski definition) is 1. The van der Waals surface area contributed by atoms with Crippen molar-refractivity contribution in [2.24, 2.45) is 0 Å². The van der Waals surface area contributed by atoms with Crippen LogP contribution in [0, 0.1) is 17.0 Å². The predicted molar refractivity (Wildman–Crippen MR) is 151 cm³/mol. The van der Waals surface area contributed by atoms with Crippen LogP contribution in [0.5, 0.6) is 0 Å². The van der Waals surface area contributed by atoms with E-state index in [4.69, 9.17) is 4.74 Å². The number of ether oxygens (including phenoxy) is 1. The third kappa shape index (κ3) is 7.37. The Labute approximate surface area is 228 Å². The van der Waals surface area contributed by atoms with Crippen molar-refractivity contribution in [1.82, 2.24) is 0 Å². The van der Waals surface area contributed by atoms with E-state index in [1.165, 1.54) is 30.3 Å². The minimum absolute atomic E-state index is 0.0864. The molecule has 0 bridgehead atoms. The first-order chi connectivity index (χ1) is 18.1. The van der Waals surface area contributed by atoms with Crippen LogP contribution in [0.1, 0.15) is 89.3 Å². The number of ketones is 1. The number of nitro benzene ring substituents is 1. The molecule has 0 aliphatic rings. The minimum atomic E-state index is -0.726. The SMILES string of the molecule is Cc1ccc(C(=O)COC(=O)c2ccc(NC(=O)c3cc(C(C)(C)C)cc(C(C)(C)C)c3)cc2)cc1[N+](=O)[O-]. The molecule has 1 amide bonds. The maximum atomic E-state index is 13.1. The van der Waals surface area contributed by atoms with E-state index in [1.807, 2.05) is 12.1 Å². The second kappa shape index (κ2) is 11.2. The molecule has 204 valence electrons. The van der Waals surface area contributed by atoms with Crippen LogP contribution in [0.4, 0.5) is 11.4 Å². The summed E-state index contributed by atoms with van der Waals surface area (Å²) in [5.41, 5.74) is 3.44. The summed E-state index contributed by atoms with van der Waals surface area (Å²) in [5, 5.41) is 14.0.